The maximum atomic E-state index is 12.1. The summed E-state index contributed by atoms with van der Waals surface area (Å²) in [7, 11) is 3.29. The summed E-state index contributed by atoms with van der Waals surface area (Å²) in [6.07, 6.45) is 8.07. The van der Waals surface area contributed by atoms with Gasteiger partial charge in [-0.05, 0) is 95.3 Å². The van der Waals surface area contributed by atoms with Gasteiger partial charge in [0.25, 0.3) is 5.56 Å². The molecular formula is C25H33N3O2S. The molecule has 166 valence electrons. The van der Waals surface area contributed by atoms with Crippen molar-refractivity contribution >= 4 is 32.5 Å². The maximum absolute atomic E-state index is 12.1. The van der Waals surface area contributed by atoms with Crippen LogP contribution in [0.25, 0.3) is 21.7 Å². The molecule has 1 aliphatic heterocycles. The van der Waals surface area contributed by atoms with Crippen molar-refractivity contribution in [3.8, 4) is 0 Å². The first-order valence-corrected chi connectivity index (χ1v) is 12.8. The summed E-state index contributed by atoms with van der Waals surface area (Å²) >= 11 is 0. The molecule has 2 aromatic carbocycles. The molecule has 0 spiro atoms. The van der Waals surface area contributed by atoms with Crippen molar-refractivity contribution in [1.82, 2.24) is 14.8 Å². The van der Waals surface area contributed by atoms with Crippen LogP contribution in [0.2, 0.25) is 0 Å². The number of rotatable bonds is 5. The van der Waals surface area contributed by atoms with Crippen molar-refractivity contribution in [2.75, 3.05) is 46.5 Å². The van der Waals surface area contributed by atoms with Crippen LogP contribution in [-0.4, -0.2) is 65.5 Å². The van der Waals surface area contributed by atoms with Crippen LogP contribution in [0.5, 0.6) is 0 Å². The molecule has 1 saturated heterocycles. The minimum absolute atomic E-state index is 0.0532. The van der Waals surface area contributed by atoms with Crippen molar-refractivity contribution in [1.29, 1.82) is 0 Å². The molecule has 0 saturated carbocycles. The summed E-state index contributed by atoms with van der Waals surface area (Å²) < 4.78 is 11.9. The van der Waals surface area contributed by atoms with Gasteiger partial charge in [0.1, 0.15) is 0 Å². The molecule has 2 heterocycles. The van der Waals surface area contributed by atoms with Gasteiger partial charge in [0.15, 0.2) is 0 Å². The van der Waals surface area contributed by atoms with Gasteiger partial charge in [-0.2, -0.15) is 0 Å². The van der Waals surface area contributed by atoms with E-state index in [1.807, 2.05) is 30.3 Å². The second-order valence-corrected chi connectivity index (χ2v) is 10.3. The maximum Gasteiger partial charge on any atom is 0.256 e. The highest BCUT2D eigenvalue weighted by molar-refractivity contribution is 7.84. The number of pyridine rings is 1. The lowest BCUT2D eigenvalue weighted by Crippen LogP contribution is -2.32. The summed E-state index contributed by atoms with van der Waals surface area (Å²) in [4.78, 5) is 20.7. The van der Waals surface area contributed by atoms with Gasteiger partial charge < -0.3 is 14.8 Å². The van der Waals surface area contributed by atoms with Gasteiger partial charge in [0.2, 0.25) is 0 Å². The number of benzene rings is 2. The number of nitrogens with one attached hydrogen (secondary N) is 1. The van der Waals surface area contributed by atoms with Crippen LogP contribution in [0.3, 0.4) is 0 Å². The van der Waals surface area contributed by atoms with Gasteiger partial charge in [-0.3, -0.25) is 9.00 Å². The van der Waals surface area contributed by atoms with Crippen molar-refractivity contribution < 1.29 is 4.21 Å². The monoisotopic (exact) mass is 439 g/mol. The fourth-order valence-electron chi connectivity index (χ4n) is 4.87. The molecule has 0 bridgehead atoms. The summed E-state index contributed by atoms with van der Waals surface area (Å²) in [5.41, 5.74) is 3.04. The smallest absolute Gasteiger partial charge is 0.256 e. The van der Waals surface area contributed by atoms with E-state index < -0.39 is 10.8 Å². The van der Waals surface area contributed by atoms with E-state index >= 15 is 0 Å². The standard InChI is InChI=1S/C15H11NO2S.C10H22N2/c1-19(18)12-6-5-11-14-10(12)7-8-3-2-4-9(13(8)14)15(17)16-11;1-11(2)7-6-10-12-8-4-3-5-9-12/h2-6H,7H2,1H3,(H,16,17);3-10H2,1-2H3. The van der Waals surface area contributed by atoms with Gasteiger partial charge in [0, 0.05) is 32.8 Å². The lowest BCUT2D eigenvalue weighted by Gasteiger charge is -2.26. The van der Waals surface area contributed by atoms with E-state index in [1.54, 1.807) is 6.26 Å². The van der Waals surface area contributed by atoms with Crippen LogP contribution in [0.1, 0.15) is 36.8 Å². The molecule has 3 aromatic rings. The molecule has 5 nitrogen and oxygen atoms in total. The van der Waals surface area contributed by atoms with Gasteiger partial charge in [-0.15, -0.1) is 0 Å². The number of hydrogen-bond acceptors (Lipinski definition) is 4. The summed E-state index contributed by atoms with van der Waals surface area (Å²) in [5, 5.41) is 2.82. The molecule has 6 heteroatoms. The van der Waals surface area contributed by atoms with Crippen LogP contribution in [0.4, 0.5) is 0 Å². The Hall–Kier alpha value is -2.02. The van der Waals surface area contributed by atoms with Crippen molar-refractivity contribution in [2.45, 2.75) is 37.0 Å². The molecule has 1 aromatic heterocycles. The van der Waals surface area contributed by atoms with Crippen LogP contribution in [-0.2, 0) is 17.2 Å². The molecule has 1 atom stereocenters. The second kappa shape index (κ2) is 9.63. The van der Waals surface area contributed by atoms with Crippen molar-refractivity contribution in [3.05, 3.63) is 51.8 Å². The number of nitrogens with zero attached hydrogens (tertiary/aromatic N) is 2. The number of aromatic nitrogens is 1. The molecule has 0 amide bonds. The fraction of sp³-hybridized carbons (Fsp3) is 0.480. The number of piperidine rings is 1. The van der Waals surface area contributed by atoms with Crippen LogP contribution < -0.4 is 5.56 Å². The lowest BCUT2D eigenvalue weighted by molar-refractivity contribution is 0.217. The Morgan fingerprint density at radius 3 is 2.55 bits per heavy atom. The Morgan fingerprint density at radius 1 is 1.06 bits per heavy atom. The normalized spacial score (nSPS) is 16.8. The van der Waals surface area contributed by atoms with Gasteiger partial charge >= 0.3 is 0 Å². The number of aromatic amines is 1. The summed E-state index contributed by atoms with van der Waals surface area (Å²) in [6, 6.07) is 9.53. The average Bonchev–Trinajstić information content (AvgIpc) is 3.14. The highest BCUT2D eigenvalue weighted by Gasteiger charge is 2.22. The molecule has 0 radical (unpaired) electrons. The van der Waals surface area contributed by atoms with Crippen molar-refractivity contribution in [2.24, 2.45) is 0 Å². The predicted molar refractivity (Wildman–Crippen MR) is 131 cm³/mol. The summed E-state index contributed by atoms with van der Waals surface area (Å²) in [6.45, 7) is 5.22. The fourth-order valence-corrected chi connectivity index (χ4v) is 5.65. The number of hydrogen-bond donors (Lipinski definition) is 1. The quantitative estimate of drug-likeness (QED) is 0.481. The first-order chi connectivity index (χ1) is 15.0. The molecule has 1 unspecified atom stereocenters. The zero-order valence-corrected chi connectivity index (χ0v) is 19.7. The third kappa shape index (κ3) is 4.76. The summed E-state index contributed by atoms with van der Waals surface area (Å²) in [5.74, 6) is 0. The lowest BCUT2D eigenvalue weighted by atomic mass is 10.1. The first kappa shape index (κ1) is 22.2. The van der Waals surface area contributed by atoms with Crippen LogP contribution >= 0.6 is 0 Å². The molecule has 1 fully saturated rings. The van der Waals surface area contributed by atoms with Gasteiger partial charge in [-0.1, -0.05) is 18.6 Å². The van der Waals surface area contributed by atoms with E-state index in [2.05, 4.69) is 28.9 Å². The van der Waals surface area contributed by atoms with E-state index in [9.17, 15) is 9.00 Å². The molecule has 31 heavy (non-hydrogen) atoms. The Bertz CT molecular complexity index is 1160. The van der Waals surface area contributed by atoms with E-state index in [0.29, 0.717) is 0 Å². The zero-order valence-electron chi connectivity index (χ0n) is 18.9. The van der Waals surface area contributed by atoms with Crippen molar-refractivity contribution in [3.63, 3.8) is 0 Å². The zero-order chi connectivity index (χ0) is 22.0. The molecule has 2 aliphatic rings. The minimum Gasteiger partial charge on any atom is -0.321 e. The third-order valence-corrected chi connectivity index (χ3v) is 7.37. The third-order valence-electron chi connectivity index (χ3n) is 6.37. The Kier molecular flexibility index (Phi) is 6.89. The average molecular weight is 440 g/mol. The topological polar surface area (TPSA) is 56.4 Å². The number of H-pyrrole nitrogens is 1. The van der Waals surface area contributed by atoms with E-state index in [0.717, 1.165) is 44.1 Å². The van der Waals surface area contributed by atoms with E-state index in [1.165, 1.54) is 51.9 Å². The van der Waals surface area contributed by atoms with Crippen LogP contribution in [0.15, 0.2) is 40.0 Å². The van der Waals surface area contributed by atoms with E-state index in [4.69, 9.17) is 0 Å². The molecular weight excluding hydrogens is 406 g/mol. The molecule has 5 rings (SSSR count). The highest BCUT2D eigenvalue weighted by atomic mass is 32.2. The first-order valence-electron chi connectivity index (χ1n) is 11.3. The van der Waals surface area contributed by atoms with Gasteiger partial charge in [-0.25, -0.2) is 0 Å². The Balaban J connectivity index is 0.000000168. The van der Waals surface area contributed by atoms with Gasteiger partial charge in [0.05, 0.1) is 10.8 Å². The Labute approximate surface area is 186 Å². The highest BCUT2D eigenvalue weighted by Crippen LogP contribution is 2.38. The second-order valence-electron chi connectivity index (χ2n) is 8.95. The predicted octanol–water partition coefficient (Wildman–Crippen LogP) is 3.75. The molecule has 1 aliphatic carbocycles. The largest absolute Gasteiger partial charge is 0.321 e. The van der Waals surface area contributed by atoms with Crippen LogP contribution in [0, 0.1) is 0 Å². The molecule has 1 N–H and O–H groups in total. The van der Waals surface area contributed by atoms with E-state index in [-0.39, 0.29) is 5.56 Å². The number of likely N-dealkylation sites (tertiary alicyclic amines) is 1. The Morgan fingerprint density at radius 2 is 1.84 bits per heavy atom. The SMILES string of the molecule is CN(C)CCCN1CCCCC1.CS(=O)c1ccc2[nH]c(=O)c3cccc4c3c2c1C4. The minimum atomic E-state index is -1.01.